The standard InChI is InChI=1S/C23H20N2O3/c1-16-9-11-17(12-10-16)15-25-13-5-4-8-21(25)24-22(26)20-14-18-6-2-3-7-19(18)23(27)28-20/h2-13,20H,14-15H2,1H3/t20-/m1/s1. The SMILES string of the molecule is Cc1ccc(Cn2ccccc2=NC(=O)[C@H]2Cc3ccccc3C(=O)O2)cc1. The predicted molar refractivity (Wildman–Crippen MR) is 105 cm³/mol. The molecule has 0 saturated carbocycles. The van der Waals surface area contributed by atoms with Crippen molar-refractivity contribution in [3.05, 3.63) is 101 Å². The van der Waals surface area contributed by atoms with Gasteiger partial charge in [0.25, 0.3) is 5.91 Å². The van der Waals surface area contributed by atoms with E-state index >= 15 is 0 Å². The first kappa shape index (κ1) is 17.9. The summed E-state index contributed by atoms with van der Waals surface area (Å²) in [5.41, 5.74) is 4.17. The number of rotatable bonds is 3. The number of fused-ring (bicyclic) bond motifs is 1. The van der Waals surface area contributed by atoms with Crippen molar-refractivity contribution in [1.29, 1.82) is 0 Å². The highest BCUT2D eigenvalue weighted by molar-refractivity contribution is 5.95. The number of ether oxygens (including phenoxy) is 1. The number of pyridine rings is 1. The van der Waals surface area contributed by atoms with Crippen LogP contribution in [0.2, 0.25) is 0 Å². The van der Waals surface area contributed by atoms with Crippen molar-refractivity contribution >= 4 is 11.9 Å². The molecular formula is C23H20N2O3. The normalized spacial score (nSPS) is 16.4. The molecule has 1 amide bonds. The van der Waals surface area contributed by atoms with Crippen LogP contribution in [0.5, 0.6) is 0 Å². The van der Waals surface area contributed by atoms with E-state index in [2.05, 4.69) is 29.3 Å². The summed E-state index contributed by atoms with van der Waals surface area (Å²) in [7, 11) is 0. The van der Waals surface area contributed by atoms with Gasteiger partial charge in [0.2, 0.25) is 0 Å². The lowest BCUT2D eigenvalue weighted by molar-refractivity contribution is -0.127. The number of carbonyl (C=O) groups is 2. The Labute approximate surface area is 162 Å². The molecule has 3 aromatic rings. The minimum absolute atomic E-state index is 0.342. The topological polar surface area (TPSA) is 60.7 Å². The van der Waals surface area contributed by atoms with E-state index in [1.165, 1.54) is 5.56 Å². The maximum absolute atomic E-state index is 12.7. The van der Waals surface area contributed by atoms with Gasteiger partial charge in [-0.2, -0.15) is 4.99 Å². The number of amides is 1. The fourth-order valence-corrected chi connectivity index (χ4v) is 3.25. The third kappa shape index (κ3) is 3.78. The molecule has 1 aliphatic rings. The van der Waals surface area contributed by atoms with Crippen molar-refractivity contribution < 1.29 is 14.3 Å². The molecular weight excluding hydrogens is 352 g/mol. The number of nitrogens with zero attached hydrogens (tertiary/aromatic N) is 2. The smallest absolute Gasteiger partial charge is 0.339 e. The van der Waals surface area contributed by atoms with Crippen LogP contribution in [0.4, 0.5) is 0 Å². The van der Waals surface area contributed by atoms with E-state index in [-0.39, 0.29) is 0 Å². The summed E-state index contributed by atoms with van der Waals surface area (Å²) in [6, 6.07) is 20.9. The zero-order chi connectivity index (χ0) is 19.5. The summed E-state index contributed by atoms with van der Waals surface area (Å²) in [4.78, 5) is 29.1. The van der Waals surface area contributed by atoms with Gasteiger partial charge < -0.3 is 9.30 Å². The Bertz CT molecular complexity index is 1100. The lowest BCUT2D eigenvalue weighted by Crippen LogP contribution is -2.35. The molecule has 0 saturated heterocycles. The molecule has 0 radical (unpaired) electrons. The molecule has 0 spiro atoms. The van der Waals surface area contributed by atoms with E-state index in [1.54, 1.807) is 18.2 Å². The van der Waals surface area contributed by atoms with Gasteiger partial charge in [0, 0.05) is 19.2 Å². The van der Waals surface area contributed by atoms with Crippen molar-refractivity contribution in [2.45, 2.75) is 26.0 Å². The van der Waals surface area contributed by atoms with Crippen LogP contribution in [0.3, 0.4) is 0 Å². The average Bonchev–Trinajstić information content (AvgIpc) is 2.71. The Morgan fingerprint density at radius 3 is 2.64 bits per heavy atom. The van der Waals surface area contributed by atoms with E-state index < -0.39 is 18.0 Å². The minimum Gasteiger partial charge on any atom is -0.448 e. The number of hydrogen-bond acceptors (Lipinski definition) is 3. The van der Waals surface area contributed by atoms with E-state index in [0.29, 0.717) is 24.0 Å². The molecule has 1 atom stereocenters. The fraction of sp³-hybridized carbons (Fsp3) is 0.174. The Kier molecular flexibility index (Phi) is 4.89. The second-order valence-electron chi connectivity index (χ2n) is 6.88. The Balaban J connectivity index is 1.60. The number of aromatic nitrogens is 1. The zero-order valence-corrected chi connectivity index (χ0v) is 15.5. The summed E-state index contributed by atoms with van der Waals surface area (Å²) in [5, 5.41) is 0. The molecule has 1 aliphatic heterocycles. The van der Waals surface area contributed by atoms with Crippen LogP contribution in [0.15, 0.2) is 77.9 Å². The van der Waals surface area contributed by atoms with Gasteiger partial charge in [-0.25, -0.2) is 4.79 Å². The molecule has 5 heteroatoms. The van der Waals surface area contributed by atoms with E-state index in [9.17, 15) is 9.59 Å². The number of aryl methyl sites for hydroxylation is 1. The first-order chi connectivity index (χ1) is 13.6. The minimum atomic E-state index is -0.893. The Hall–Kier alpha value is -3.47. The van der Waals surface area contributed by atoms with Crippen molar-refractivity contribution in [3.63, 3.8) is 0 Å². The van der Waals surface area contributed by atoms with E-state index in [1.807, 2.05) is 42.0 Å². The molecule has 0 aliphatic carbocycles. The summed E-state index contributed by atoms with van der Waals surface area (Å²) < 4.78 is 7.23. The fourth-order valence-electron chi connectivity index (χ4n) is 3.25. The van der Waals surface area contributed by atoms with Gasteiger partial charge in [0.05, 0.1) is 5.56 Å². The van der Waals surface area contributed by atoms with Crippen LogP contribution >= 0.6 is 0 Å². The van der Waals surface area contributed by atoms with Gasteiger partial charge in [-0.3, -0.25) is 4.79 Å². The molecule has 1 aromatic heterocycles. The summed E-state index contributed by atoms with van der Waals surface area (Å²) >= 11 is 0. The number of esters is 1. The molecule has 140 valence electrons. The van der Waals surface area contributed by atoms with E-state index in [4.69, 9.17) is 4.74 Å². The first-order valence-electron chi connectivity index (χ1n) is 9.18. The predicted octanol–water partition coefficient (Wildman–Crippen LogP) is 3.05. The maximum Gasteiger partial charge on any atom is 0.339 e. The van der Waals surface area contributed by atoms with Crippen LogP contribution in [-0.2, 0) is 22.5 Å². The second kappa shape index (κ2) is 7.64. The summed E-state index contributed by atoms with van der Waals surface area (Å²) in [5.74, 6) is -0.928. The molecule has 4 rings (SSSR count). The lowest BCUT2D eigenvalue weighted by Gasteiger charge is -2.22. The monoisotopic (exact) mass is 372 g/mol. The van der Waals surface area contributed by atoms with Crippen LogP contribution in [0, 0.1) is 6.92 Å². The number of carbonyl (C=O) groups excluding carboxylic acids is 2. The van der Waals surface area contributed by atoms with Crippen LogP contribution in [0.1, 0.15) is 27.0 Å². The third-order valence-corrected chi connectivity index (χ3v) is 4.78. The van der Waals surface area contributed by atoms with Crippen molar-refractivity contribution in [2.75, 3.05) is 0 Å². The van der Waals surface area contributed by atoms with Gasteiger partial charge in [0.1, 0.15) is 5.49 Å². The Morgan fingerprint density at radius 2 is 1.82 bits per heavy atom. The van der Waals surface area contributed by atoms with Crippen LogP contribution in [-0.4, -0.2) is 22.5 Å². The van der Waals surface area contributed by atoms with Gasteiger partial charge in [0.15, 0.2) is 6.10 Å². The summed E-state index contributed by atoms with van der Waals surface area (Å²) in [6.07, 6.45) is 1.33. The van der Waals surface area contributed by atoms with Gasteiger partial charge in [-0.15, -0.1) is 0 Å². The van der Waals surface area contributed by atoms with E-state index in [0.717, 1.165) is 11.1 Å². The second-order valence-corrected chi connectivity index (χ2v) is 6.88. The maximum atomic E-state index is 12.7. The highest BCUT2D eigenvalue weighted by Crippen LogP contribution is 2.21. The molecule has 0 fully saturated rings. The highest BCUT2D eigenvalue weighted by atomic mass is 16.5. The lowest BCUT2D eigenvalue weighted by atomic mass is 9.98. The summed E-state index contributed by atoms with van der Waals surface area (Å²) in [6.45, 7) is 2.64. The Morgan fingerprint density at radius 1 is 1.07 bits per heavy atom. The number of hydrogen-bond donors (Lipinski definition) is 0. The van der Waals surface area contributed by atoms with Crippen molar-refractivity contribution in [1.82, 2.24) is 4.57 Å². The molecule has 0 bridgehead atoms. The number of benzene rings is 2. The molecule has 0 N–H and O–H groups in total. The van der Waals surface area contributed by atoms with Gasteiger partial charge in [-0.05, 0) is 36.2 Å². The molecule has 0 unspecified atom stereocenters. The molecule has 2 heterocycles. The van der Waals surface area contributed by atoms with Gasteiger partial charge >= 0.3 is 5.97 Å². The van der Waals surface area contributed by atoms with Crippen molar-refractivity contribution in [3.8, 4) is 0 Å². The van der Waals surface area contributed by atoms with Gasteiger partial charge in [-0.1, -0.05) is 54.1 Å². The highest BCUT2D eigenvalue weighted by Gasteiger charge is 2.30. The zero-order valence-electron chi connectivity index (χ0n) is 15.5. The molecule has 5 nitrogen and oxygen atoms in total. The average molecular weight is 372 g/mol. The van der Waals surface area contributed by atoms with Crippen LogP contribution < -0.4 is 5.49 Å². The largest absolute Gasteiger partial charge is 0.448 e. The molecule has 2 aromatic carbocycles. The quantitative estimate of drug-likeness (QED) is 0.664. The first-order valence-corrected chi connectivity index (χ1v) is 9.18. The number of cyclic esters (lactones) is 1. The third-order valence-electron chi connectivity index (χ3n) is 4.78. The molecule has 28 heavy (non-hydrogen) atoms. The van der Waals surface area contributed by atoms with Crippen molar-refractivity contribution in [2.24, 2.45) is 4.99 Å². The van der Waals surface area contributed by atoms with Crippen LogP contribution in [0.25, 0.3) is 0 Å².